The molecule has 1 saturated heterocycles. The van der Waals surface area contributed by atoms with Gasteiger partial charge in [-0.25, -0.2) is 18.1 Å². The van der Waals surface area contributed by atoms with Gasteiger partial charge in [-0.1, -0.05) is 36.4 Å². The minimum atomic E-state index is -3.34. The Bertz CT molecular complexity index is 1240. The van der Waals surface area contributed by atoms with E-state index in [4.69, 9.17) is 4.98 Å². The van der Waals surface area contributed by atoms with Crippen LogP contribution < -0.4 is 10.0 Å². The first-order chi connectivity index (χ1) is 16.9. The van der Waals surface area contributed by atoms with Gasteiger partial charge in [0, 0.05) is 49.6 Å². The summed E-state index contributed by atoms with van der Waals surface area (Å²) in [6.07, 6.45) is 6.19. The molecule has 4 rings (SSSR count). The second-order valence-electron chi connectivity index (χ2n) is 8.73. The number of amides is 1. The summed E-state index contributed by atoms with van der Waals surface area (Å²) in [5.41, 5.74) is 3.18. The third-order valence-electron chi connectivity index (χ3n) is 6.06. The van der Waals surface area contributed by atoms with Gasteiger partial charge in [-0.2, -0.15) is 0 Å². The number of hydrogen-bond donors (Lipinski definition) is 2. The van der Waals surface area contributed by atoms with Crippen molar-refractivity contribution >= 4 is 21.7 Å². The third kappa shape index (κ3) is 6.86. The molecule has 1 fully saturated rings. The number of likely N-dealkylation sites (tertiary alicyclic amines) is 1. The maximum absolute atomic E-state index is 13.7. The Morgan fingerprint density at radius 1 is 1.06 bits per heavy atom. The van der Waals surface area contributed by atoms with Gasteiger partial charge in [-0.15, -0.1) is 0 Å². The van der Waals surface area contributed by atoms with Gasteiger partial charge >= 0.3 is 0 Å². The summed E-state index contributed by atoms with van der Waals surface area (Å²) in [7, 11) is -3.34. The number of sulfonamides is 1. The summed E-state index contributed by atoms with van der Waals surface area (Å²) < 4.78 is 25.9. The highest BCUT2D eigenvalue weighted by molar-refractivity contribution is 7.88. The van der Waals surface area contributed by atoms with Crippen LogP contribution in [0.1, 0.15) is 35.3 Å². The molecule has 1 atom stereocenters. The molecule has 0 saturated carbocycles. The van der Waals surface area contributed by atoms with Crippen molar-refractivity contribution in [2.24, 2.45) is 0 Å². The Labute approximate surface area is 206 Å². The van der Waals surface area contributed by atoms with Crippen LogP contribution in [-0.2, 0) is 16.4 Å². The van der Waals surface area contributed by atoms with Crippen molar-refractivity contribution in [3.8, 4) is 11.3 Å². The number of pyridine rings is 2. The monoisotopic (exact) mass is 493 g/mol. The van der Waals surface area contributed by atoms with Crippen molar-refractivity contribution in [2.45, 2.75) is 31.7 Å². The van der Waals surface area contributed by atoms with E-state index in [0.29, 0.717) is 30.9 Å². The van der Waals surface area contributed by atoms with Crippen LogP contribution in [0.4, 0.5) is 5.82 Å². The van der Waals surface area contributed by atoms with E-state index >= 15 is 0 Å². The SMILES string of the molecule is CS(=O)(=O)NCC1CCCCN1C(=O)c1ccc(-c2ccccc2)nc1NCCc1ccccn1. The van der Waals surface area contributed by atoms with Crippen LogP contribution in [0.5, 0.6) is 0 Å². The highest BCUT2D eigenvalue weighted by Crippen LogP contribution is 2.26. The maximum atomic E-state index is 13.7. The molecule has 1 aliphatic rings. The fourth-order valence-corrected chi connectivity index (χ4v) is 4.77. The topological polar surface area (TPSA) is 104 Å². The zero-order valence-electron chi connectivity index (χ0n) is 19.9. The van der Waals surface area contributed by atoms with Gasteiger partial charge in [0.2, 0.25) is 10.0 Å². The molecule has 0 radical (unpaired) electrons. The molecule has 1 aromatic carbocycles. The lowest BCUT2D eigenvalue weighted by Gasteiger charge is -2.36. The quantitative estimate of drug-likeness (QED) is 0.474. The average Bonchev–Trinajstić information content (AvgIpc) is 2.88. The van der Waals surface area contributed by atoms with Crippen LogP contribution in [0, 0.1) is 0 Å². The lowest BCUT2D eigenvalue weighted by Crippen LogP contribution is -2.49. The van der Waals surface area contributed by atoms with Crippen molar-refractivity contribution in [2.75, 3.05) is 31.2 Å². The van der Waals surface area contributed by atoms with Crippen LogP contribution in [0.3, 0.4) is 0 Å². The van der Waals surface area contributed by atoms with E-state index in [-0.39, 0.29) is 18.5 Å². The van der Waals surface area contributed by atoms with Crippen molar-refractivity contribution in [1.29, 1.82) is 0 Å². The van der Waals surface area contributed by atoms with Gasteiger partial charge in [0.05, 0.1) is 17.5 Å². The summed E-state index contributed by atoms with van der Waals surface area (Å²) in [6.45, 7) is 1.37. The van der Waals surface area contributed by atoms with Crippen LogP contribution in [0.15, 0.2) is 66.9 Å². The van der Waals surface area contributed by atoms with Gasteiger partial charge in [0.25, 0.3) is 5.91 Å². The van der Waals surface area contributed by atoms with E-state index in [1.54, 1.807) is 11.1 Å². The molecule has 3 heterocycles. The second-order valence-corrected chi connectivity index (χ2v) is 10.6. The molecule has 3 aromatic rings. The van der Waals surface area contributed by atoms with E-state index < -0.39 is 10.0 Å². The van der Waals surface area contributed by atoms with Crippen molar-refractivity contribution in [3.05, 3.63) is 78.1 Å². The molecular weight excluding hydrogens is 462 g/mol. The Morgan fingerprint density at radius 2 is 1.86 bits per heavy atom. The summed E-state index contributed by atoms with van der Waals surface area (Å²) in [5.74, 6) is 0.380. The van der Waals surface area contributed by atoms with E-state index in [2.05, 4.69) is 15.0 Å². The second kappa shape index (κ2) is 11.4. The fraction of sp³-hybridized carbons (Fsp3) is 0.346. The number of benzene rings is 1. The zero-order chi connectivity index (χ0) is 24.7. The molecule has 1 unspecified atom stereocenters. The minimum absolute atomic E-state index is 0.141. The average molecular weight is 494 g/mol. The molecule has 2 N–H and O–H groups in total. The number of aromatic nitrogens is 2. The van der Waals surface area contributed by atoms with E-state index in [1.165, 1.54) is 0 Å². The molecule has 0 spiro atoms. The molecule has 0 bridgehead atoms. The number of carbonyl (C=O) groups is 1. The molecule has 1 amide bonds. The van der Waals surface area contributed by atoms with Gasteiger partial charge in [-0.05, 0) is 43.5 Å². The van der Waals surface area contributed by atoms with E-state index in [1.807, 2.05) is 60.7 Å². The summed E-state index contributed by atoms with van der Waals surface area (Å²) in [6, 6.07) is 19.1. The summed E-state index contributed by atoms with van der Waals surface area (Å²) >= 11 is 0. The van der Waals surface area contributed by atoms with Crippen LogP contribution in [-0.4, -0.2) is 61.1 Å². The van der Waals surface area contributed by atoms with Crippen LogP contribution >= 0.6 is 0 Å². The number of nitrogens with one attached hydrogen (secondary N) is 2. The fourth-order valence-electron chi connectivity index (χ4n) is 4.27. The first kappa shape index (κ1) is 24.8. The molecule has 0 aliphatic carbocycles. The summed E-state index contributed by atoms with van der Waals surface area (Å²) in [5, 5.41) is 3.35. The highest BCUT2D eigenvalue weighted by Gasteiger charge is 2.30. The minimum Gasteiger partial charge on any atom is -0.369 e. The lowest BCUT2D eigenvalue weighted by atomic mass is 10.0. The maximum Gasteiger partial charge on any atom is 0.257 e. The third-order valence-corrected chi connectivity index (χ3v) is 6.76. The molecule has 8 nitrogen and oxygen atoms in total. The normalized spacial score (nSPS) is 16.1. The Balaban J connectivity index is 1.59. The Kier molecular flexibility index (Phi) is 8.09. The predicted molar refractivity (Wildman–Crippen MR) is 138 cm³/mol. The lowest BCUT2D eigenvalue weighted by molar-refractivity contribution is 0.0619. The first-order valence-electron chi connectivity index (χ1n) is 11.9. The predicted octanol–water partition coefficient (Wildman–Crippen LogP) is 3.34. The van der Waals surface area contributed by atoms with Crippen LogP contribution in [0.2, 0.25) is 0 Å². The van der Waals surface area contributed by atoms with Crippen molar-refractivity contribution < 1.29 is 13.2 Å². The van der Waals surface area contributed by atoms with Gasteiger partial charge in [-0.3, -0.25) is 9.78 Å². The standard InChI is InChI=1S/C26H31N5O3S/c1-35(33,34)29-19-22-12-6-8-18-31(22)26(32)23-13-14-24(20-9-3-2-4-10-20)30-25(23)28-17-15-21-11-5-7-16-27-21/h2-5,7,9-11,13-14,16,22,29H,6,8,12,15,17-19H2,1H3,(H,28,30). The number of rotatable bonds is 9. The van der Waals surface area contributed by atoms with E-state index in [0.717, 1.165) is 42.5 Å². The smallest absolute Gasteiger partial charge is 0.257 e. The van der Waals surface area contributed by atoms with E-state index in [9.17, 15) is 13.2 Å². The van der Waals surface area contributed by atoms with Gasteiger partial charge < -0.3 is 10.2 Å². The number of carbonyl (C=O) groups excluding carboxylic acids is 1. The zero-order valence-corrected chi connectivity index (χ0v) is 20.7. The van der Waals surface area contributed by atoms with Gasteiger partial charge in [0.15, 0.2) is 0 Å². The molecular formula is C26H31N5O3S. The number of anilines is 1. The Hall–Kier alpha value is -3.30. The molecule has 35 heavy (non-hydrogen) atoms. The number of nitrogens with zero attached hydrogens (tertiary/aromatic N) is 3. The first-order valence-corrected chi connectivity index (χ1v) is 13.8. The Morgan fingerprint density at radius 3 is 2.60 bits per heavy atom. The summed E-state index contributed by atoms with van der Waals surface area (Å²) in [4.78, 5) is 24.6. The van der Waals surface area contributed by atoms with Gasteiger partial charge in [0.1, 0.15) is 5.82 Å². The number of hydrogen-bond acceptors (Lipinski definition) is 6. The molecule has 1 aliphatic heterocycles. The molecule has 184 valence electrons. The molecule has 9 heteroatoms. The van der Waals surface area contributed by atoms with Crippen LogP contribution in [0.25, 0.3) is 11.3 Å². The number of piperidine rings is 1. The highest BCUT2D eigenvalue weighted by atomic mass is 32.2. The molecule has 2 aromatic heterocycles. The largest absolute Gasteiger partial charge is 0.369 e. The van der Waals surface area contributed by atoms with Crippen molar-refractivity contribution in [1.82, 2.24) is 19.6 Å². The van der Waals surface area contributed by atoms with Crippen molar-refractivity contribution in [3.63, 3.8) is 0 Å².